The molecule has 1 fully saturated rings. The van der Waals surface area contributed by atoms with Crippen LogP contribution in [-0.2, 0) is 9.53 Å². The molecule has 0 bridgehead atoms. The quantitative estimate of drug-likeness (QED) is 0.894. The van der Waals surface area contributed by atoms with E-state index < -0.39 is 11.4 Å². The molecule has 1 aromatic heterocycles. The van der Waals surface area contributed by atoms with Gasteiger partial charge in [0.15, 0.2) is 5.69 Å². The third-order valence-electron chi connectivity index (χ3n) is 4.48. The number of oxazole rings is 1. The summed E-state index contributed by atoms with van der Waals surface area (Å²) in [6.45, 7) is 0.661. The molecule has 2 aromatic rings. The van der Waals surface area contributed by atoms with Crippen LogP contribution in [0.15, 0.2) is 41.0 Å². The molecule has 3 rings (SSSR count). The number of carbonyl (C=O) groups is 2. The molecule has 0 saturated carbocycles. The van der Waals surface area contributed by atoms with Gasteiger partial charge >= 0.3 is 5.97 Å². The van der Waals surface area contributed by atoms with Gasteiger partial charge in [0.05, 0.1) is 6.61 Å². The maximum atomic E-state index is 12.7. The number of ether oxygens (including phenoxy) is 1. The van der Waals surface area contributed by atoms with Crippen molar-refractivity contribution in [2.75, 3.05) is 26.8 Å². The second-order valence-electron chi connectivity index (χ2n) is 6.25. The molecular formula is C18H20N2O5. The van der Waals surface area contributed by atoms with Gasteiger partial charge in [-0.15, -0.1) is 0 Å². The van der Waals surface area contributed by atoms with Crippen molar-refractivity contribution in [1.82, 2.24) is 9.88 Å². The minimum Gasteiger partial charge on any atom is -0.481 e. The van der Waals surface area contributed by atoms with Crippen LogP contribution in [0, 0.1) is 5.41 Å². The van der Waals surface area contributed by atoms with Crippen molar-refractivity contribution >= 4 is 11.9 Å². The fraction of sp³-hybridized carbons (Fsp3) is 0.389. The molecule has 25 heavy (non-hydrogen) atoms. The zero-order valence-corrected chi connectivity index (χ0v) is 14.0. The highest BCUT2D eigenvalue weighted by molar-refractivity contribution is 5.93. The summed E-state index contributed by atoms with van der Waals surface area (Å²) in [7, 11) is 1.47. The van der Waals surface area contributed by atoms with Crippen LogP contribution in [0.2, 0.25) is 0 Å². The topological polar surface area (TPSA) is 92.9 Å². The van der Waals surface area contributed by atoms with Crippen LogP contribution in [0.3, 0.4) is 0 Å². The first-order valence-electron chi connectivity index (χ1n) is 8.08. The van der Waals surface area contributed by atoms with Gasteiger partial charge in [-0.1, -0.05) is 18.2 Å². The lowest BCUT2D eigenvalue weighted by atomic mass is 9.80. The molecule has 132 valence electrons. The molecule has 0 spiro atoms. The highest BCUT2D eigenvalue weighted by atomic mass is 16.5. The van der Waals surface area contributed by atoms with Crippen LogP contribution < -0.4 is 0 Å². The Morgan fingerprint density at radius 3 is 2.80 bits per heavy atom. The van der Waals surface area contributed by atoms with Crippen molar-refractivity contribution in [3.8, 4) is 11.5 Å². The Hall–Kier alpha value is -2.67. The van der Waals surface area contributed by atoms with Crippen LogP contribution in [0.25, 0.3) is 11.5 Å². The first kappa shape index (κ1) is 17.2. The third kappa shape index (κ3) is 3.41. The molecule has 7 nitrogen and oxygen atoms in total. The Bertz CT molecular complexity index is 754. The molecule has 1 unspecified atom stereocenters. The fourth-order valence-corrected chi connectivity index (χ4v) is 3.18. The summed E-state index contributed by atoms with van der Waals surface area (Å²) in [4.78, 5) is 30.2. The number of piperidine rings is 1. The largest absolute Gasteiger partial charge is 0.481 e. The maximum absolute atomic E-state index is 12.7. The van der Waals surface area contributed by atoms with E-state index >= 15 is 0 Å². The number of carbonyl (C=O) groups excluding carboxylic acids is 1. The minimum atomic E-state index is -1.07. The lowest BCUT2D eigenvalue weighted by Gasteiger charge is -2.39. The molecule has 1 N–H and O–H groups in total. The molecule has 7 heteroatoms. The number of benzene rings is 1. The zero-order chi connectivity index (χ0) is 17.9. The molecule has 1 aromatic carbocycles. The van der Waals surface area contributed by atoms with Gasteiger partial charge in [-0.2, -0.15) is 0 Å². The summed E-state index contributed by atoms with van der Waals surface area (Å²) in [5, 5.41) is 9.59. The van der Waals surface area contributed by atoms with Crippen LogP contribution >= 0.6 is 0 Å². The van der Waals surface area contributed by atoms with E-state index in [2.05, 4.69) is 4.98 Å². The molecule has 1 saturated heterocycles. The van der Waals surface area contributed by atoms with Crippen molar-refractivity contribution in [2.24, 2.45) is 5.41 Å². The van der Waals surface area contributed by atoms with Gasteiger partial charge in [0.25, 0.3) is 5.91 Å². The first-order valence-corrected chi connectivity index (χ1v) is 8.08. The Balaban J connectivity index is 1.79. The van der Waals surface area contributed by atoms with Gasteiger partial charge in [0.1, 0.15) is 11.7 Å². The van der Waals surface area contributed by atoms with Gasteiger partial charge in [-0.05, 0) is 25.0 Å². The second kappa shape index (κ2) is 7.06. The number of amides is 1. The van der Waals surface area contributed by atoms with E-state index in [4.69, 9.17) is 9.15 Å². The SMILES string of the molecule is COCC1(C(=O)O)CCCN(C(=O)c2coc(-c3ccccc3)n2)C1. The Morgan fingerprint density at radius 2 is 2.12 bits per heavy atom. The summed E-state index contributed by atoms with van der Waals surface area (Å²) < 4.78 is 10.5. The van der Waals surface area contributed by atoms with Gasteiger partial charge in [0.2, 0.25) is 5.89 Å². The standard InChI is InChI=1S/C18H20N2O5/c1-24-12-18(17(22)23)8-5-9-20(11-18)16(21)14-10-25-15(19-14)13-6-3-2-4-7-13/h2-4,6-7,10H,5,8-9,11-12H2,1H3,(H,22,23). The molecule has 2 heterocycles. The Kier molecular flexibility index (Phi) is 4.85. The predicted octanol–water partition coefficient (Wildman–Crippen LogP) is 2.30. The number of nitrogens with zero attached hydrogens (tertiary/aromatic N) is 2. The summed E-state index contributed by atoms with van der Waals surface area (Å²) >= 11 is 0. The lowest BCUT2D eigenvalue weighted by molar-refractivity contribution is -0.155. The van der Waals surface area contributed by atoms with Crippen molar-refractivity contribution in [1.29, 1.82) is 0 Å². The number of aliphatic carboxylic acids is 1. The molecule has 0 aliphatic carbocycles. The highest BCUT2D eigenvalue weighted by Crippen LogP contribution is 2.31. The number of hydrogen-bond donors (Lipinski definition) is 1. The van der Waals surface area contributed by atoms with Crippen molar-refractivity contribution in [3.63, 3.8) is 0 Å². The van der Waals surface area contributed by atoms with Gasteiger partial charge < -0.3 is 19.2 Å². The van der Waals surface area contributed by atoms with Gasteiger partial charge in [0, 0.05) is 25.8 Å². The normalized spacial score (nSPS) is 20.4. The highest BCUT2D eigenvalue weighted by Gasteiger charge is 2.44. The third-order valence-corrected chi connectivity index (χ3v) is 4.48. The van der Waals surface area contributed by atoms with Gasteiger partial charge in [-0.3, -0.25) is 9.59 Å². The molecule has 0 radical (unpaired) electrons. The smallest absolute Gasteiger partial charge is 0.313 e. The monoisotopic (exact) mass is 344 g/mol. The van der Waals surface area contributed by atoms with E-state index in [1.807, 2.05) is 30.3 Å². The number of methoxy groups -OCH3 is 1. The fourth-order valence-electron chi connectivity index (χ4n) is 3.18. The number of likely N-dealkylation sites (tertiary alicyclic amines) is 1. The Morgan fingerprint density at radius 1 is 1.36 bits per heavy atom. The van der Waals surface area contributed by atoms with E-state index in [-0.39, 0.29) is 24.8 Å². The summed E-state index contributed by atoms with van der Waals surface area (Å²) in [6.07, 6.45) is 2.40. The molecule has 1 amide bonds. The average molecular weight is 344 g/mol. The van der Waals surface area contributed by atoms with Crippen molar-refractivity contribution < 1.29 is 23.8 Å². The molecule has 1 aliphatic rings. The zero-order valence-electron chi connectivity index (χ0n) is 14.0. The lowest BCUT2D eigenvalue weighted by Crippen LogP contribution is -2.52. The van der Waals surface area contributed by atoms with Crippen molar-refractivity contribution in [3.05, 3.63) is 42.3 Å². The van der Waals surface area contributed by atoms with Crippen LogP contribution in [0.4, 0.5) is 0 Å². The van der Waals surface area contributed by atoms with Crippen LogP contribution in [-0.4, -0.2) is 53.7 Å². The molecular weight excluding hydrogens is 324 g/mol. The minimum absolute atomic E-state index is 0.0696. The average Bonchev–Trinajstić information content (AvgIpc) is 3.12. The van der Waals surface area contributed by atoms with E-state index in [0.717, 1.165) is 5.56 Å². The number of rotatable bonds is 5. The van der Waals surface area contributed by atoms with Crippen LogP contribution in [0.5, 0.6) is 0 Å². The predicted molar refractivity (Wildman–Crippen MR) is 89.0 cm³/mol. The summed E-state index contributed by atoms with van der Waals surface area (Å²) in [5.41, 5.74) is -0.119. The van der Waals surface area contributed by atoms with Crippen molar-refractivity contribution in [2.45, 2.75) is 12.8 Å². The van der Waals surface area contributed by atoms with E-state index in [1.165, 1.54) is 18.3 Å². The number of aromatic nitrogens is 1. The van der Waals surface area contributed by atoms with E-state index in [9.17, 15) is 14.7 Å². The summed E-state index contributed by atoms with van der Waals surface area (Å²) in [5.74, 6) is -0.910. The number of carboxylic acid groups (broad SMARTS) is 1. The first-order chi connectivity index (χ1) is 12.1. The van der Waals surface area contributed by atoms with Gasteiger partial charge in [-0.25, -0.2) is 4.98 Å². The van der Waals surface area contributed by atoms with Crippen LogP contribution in [0.1, 0.15) is 23.3 Å². The van der Waals surface area contributed by atoms with E-state index in [0.29, 0.717) is 25.3 Å². The second-order valence-corrected chi connectivity index (χ2v) is 6.25. The maximum Gasteiger partial charge on any atom is 0.313 e. The summed E-state index contributed by atoms with van der Waals surface area (Å²) in [6, 6.07) is 9.28. The molecule has 1 aliphatic heterocycles. The number of carboxylic acids is 1. The number of hydrogen-bond acceptors (Lipinski definition) is 5. The molecule has 1 atom stereocenters. The van der Waals surface area contributed by atoms with E-state index in [1.54, 1.807) is 0 Å². The Labute approximate surface area is 145 Å².